The Bertz CT molecular complexity index is 1140. The molecule has 0 N–H and O–H groups in total. The zero-order valence-electron chi connectivity index (χ0n) is 19.5. The molecular formula is C27H31NO5. The number of hydrogen-bond donors (Lipinski definition) is 0. The standard InChI is InChI=1S/C27H31NO5/c1-31-24(32-2)16-28-23-15-19(27(30)33-3)13-14-22(23)25(18-9-5-4-6-10-18)26(28)21-12-8-7-11-20(21)17-29/h7-8,11-15,17-18,24H,4-6,9-10,16H2,1-3H3. The highest BCUT2D eigenvalue weighted by Gasteiger charge is 2.29. The zero-order valence-corrected chi connectivity index (χ0v) is 19.5. The van der Waals surface area contributed by atoms with Crippen molar-refractivity contribution in [2.75, 3.05) is 21.3 Å². The van der Waals surface area contributed by atoms with Gasteiger partial charge in [-0.15, -0.1) is 0 Å². The Morgan fingerprint density at radius 1 is 1.06 bits per heavy atom. The average molecular weight is 450 g/mol. The van der Waals surface area contributed by atoms with Crippen molar-refractivity contribution in [2.24, 2.45) is 0 Å². The van der Waals surface area contributed by atoms with E-state index in [-0.39, 0.29) is 5.97 Å². The van der Waals surface area contributed by atoms with Crippen LogP contribution in [-0.2, 0) is 20.8 Å². The summed E-state index contributed by atoms with van der Waals surface area (Å²) in [6.45, 7) is 0.420. The van der Waals surface area contributed by atoms with E-state index in [0.717, 1.165) is 41.3 Å². The Balaban J connectivity index is 2.07. The van der Waals surface area contributed by atoms with Crippen molar-refractivity contribution in [1.29, 1.82) is 0 Å². The van der Waals surface area contributed by atoms with Crippen LogP contribution >= 0.6 is 0 Å². The van der Waals surface area contributed by atoms with Crippen LogP contribution < -0.4 is 0 Å². The van der Waals surface area contributed by atoms with Crippen molar-refractivity contribution in [3.8, 4) is 11.3 Å². The molecule has 3 aromatic rings. The molecular weight excluding hydrogens is 418 g/mol. The highest BCUT2D eigenvalue weighted by atomic mass is 16.7. The Hall–Kier alpha value is -2.96. The van der Waals surface area contributed by atoms with Crippen LogP contribution in [0.3, 0.4) is 0 Å². The number of carbonyl (C=O) groups excluding carboxylic acids is 2. The lowest BCUT2D eigenvalue weighted by atomic mass is 9.81. The van der Waals surface area contributed by atoms with Gasteiger partial charge in [0.2, 0.25) is 0 Å². The first-order valence-corrected chi connectivity index (χ1v) is 11.5. The van der Waals surface area contributed by atoms with E-state index in [1.807, 2.05) is 42.5 Å². The number of benzene rings is 2. The second-order valence-electron chi connectivity index (χ2n) is 8.54. The summed E-state index contributed by atoms with van der Waals surface area (Å²) in [5.74, 6) is -0.00142. The number of esters is 1. The summed E-state index contributed by atoms with van der Waals surface area (Å²) in [5.41, 5.74) is 5.16. The van der Waals surface area contributed by atoms with E-state index in [1.54, 1.807) is 14.2 Å². The summed E-state index contributed by atoms with van der Waals surface area (Å²) >= 11 is 0. The fourth-order valence-electron chi connectivity index (χ4n) is 5.12. The molecule has 0 unspecified atom stereocenters. The van der Waals surface area contributed by atoms with E-state index in [4.69, 9.17) is 14.2 Å². The molecule has 1 aliphatic carbocycles. The molecule has 6 nitrogen and oxygen atoms in total. The normalized spacial score (nSPS) is 14.7. The van der Waals surface area contributed by atoms with Crippen LogP contribution in [0.5, 0.6) is 0 Å². The third-order valence-corrected chi connectivity index (χ3v) is 6.74. The van der Waals surface area contributed by atoms with Crippen LogP contribution in [0.2, 0.25) is 0 Å². The van der Waals surface area contributed by atoms with Crippen LogP contribution in [0.25, 0.3) is 22.2 Å². The fraction of sp³-hybridized carbons (Fsp3) is 0.407. The van der Waals surface area contributed by atoms with Crippen molar-refractivity contribution in [2.45, 2.75) is 50.9 Å². The van der Waals surface area contributed by atoms with Crippen molar-refractivity contribution >= 4 is 23.2 Å². The third kappa shape index (κ3) is 4.45. The Labute approximate surface area is 194 Å². The van der Waals surface area contributed by atoms with Crippen molar-refractivity contribution in [1.82, 2.24) is 4.57 Å². The number of aldehydes is 1. The van der Waals surface area contributed by atoms with Gasteiger partial charge in [0.15, 0.2) is 12.6 Å². The quantitative estimate of drug-likeness (QED) is 0.255. The van der Waals surface area contributed by atoms with Gasteiger partial charge in [0.1, 0.15) is 0 Å². The Morgan fingerprint density at radius 3 is 2.45 bits per heavy atom. The van der Waals surface area contributed by atoms with Crippen LogP contribution in [0.4, 0.5) is 0 Å². The summed E-state index contributed by atoms with van der Waals surface area (Å²) in [6, 6.07) is 13.4. The van der Waals surface area contributed by atoms with Gasteiger partial charge in [-0.05, 0) is 36.5 Å². The molecule has 33 heavy (non-hydrogen) atoms. The maximum absolute atomic E-state index is 12.3. The third-order valence-electron chi connectivity index (χ3n) is 6.74. The molecule has 0 atom stereocenters. The van der Waals surface area contributed by atoms with Gasteiger partial charge in [0.05, 0.1) is 24.9 Å². The topological polar surface area (TPSA) is 66.8 Å². The van der Waals surface area contributed by atoms with Gasteiger partial charge < -0.3 is 18.8 Å². The Morgan fingerprint density at radius 2 is 1.79 bits per heavy atom. The first kappa shape index (κ1) is 23.2. The van der Waals surface area contributed by atoms with Crippen molar-refractivity contribution in [3.05, 3.63) is 59.2 Å². The van der Waals surface area contributed by atoms with Crippen molar-refractivity contribution in [3.63, 3.8) is 0 Å². The molecule has 2 aromatic carbocycles. The molecule has 1 fully saturated rings. The molecule has 1 saturated carbocycles. The van der Waals surface area contributed by atoms with Crippen LogP contribution in [0.1, 0.15) is 64.3 Å². The smallest absolute Gasteiger partial charge is 0.337 e. The summed E-state index contributed by atoms with van der Waals surface area (Å²) in [4.78, 5) is 24.4. The van der Waals surface area contributed by atoms with E-state index < -0.39 is 6.29 Å². The molecule has 0 radical (unpaired) electrons. The lowest BCUT2D eigenvalue weighted by Gasteiger charge is -2.24. The second-order valence-corrected chi connectivity index (χ2v) is 8.54. The zero-order chi connectivity index (χ0) is 23.4. The minimum Gasteiger partial charge on any atom is -0.465 e. The highest BCUT2D eigenvalue weighted by Crippen LogP contribution is 2.45. The SMILES string of the molecule is COC(=O)c1ccc2c(C3CCCCC3)c(-c3ccccc3C=O)n(CC(OC)OC)c2c1. The molecule has 0 bridgehead atoms. The predicted molar refractivity (Wildman–Crippen MR) is 128 cm³/mol. The van der Waals surface area contributed by atoms with Gasteiger partial charge in [-0.2, -0.15) is 0 Å². The minimum atomic E-state index is -0.483. The van der Waals surface area contributed by atoms with E-state index in [1.165, 1.54) is 31.9 Å². The number of aromatic nitrogens is 1. The largest absolute Gasteiger partial charge is 0.465 e. The maximum Gasteiger partial charge on any atom is 0.337 e. The molecule has 1 aromatic heterocycles. The highest BCUT2D eigenvalue weighted by molar-refractivity contribution is 6.00. The average Bonchev–Trinajstić information content (AvgIpc) is 3.20. The number of ether oxygens (including phenoxy) is 3. The molecule has 174 valence electrons. The fourth-order valence-corrected chi connectivity index (χ4v) is 5.12. The summed E-state index contributed by atoms with van der Waals surface area (Å²) in [6.07, 6.45) is 6.25. The van der Waals surface area contributed by atoms with E-state index in [0.29, 0.717) is 23.6 Å². The first-order valence-electron chi connectivity index (χ1n) is 11.5. The first-order chi connectivity index (χ1) is 16.1. The van der Waals surface area contributed by atoms with Crippen LogP contribution in [0.15, 0.2) is 42.5 Å². The Kier molecular flexibility index (Phi) is 7.26. The van der Waals surface area contributed by atoms with E-state index >= 15 is 0 Å². The molecule has 1 heterocycles. The van der Waals surface area contributed by atoms with Gasteiger partial charge in [-0.3, -0.25) is 4.79 Å². The molecule has 0 saturated heterocycles. The monoisotopic (exact) mass is 449 g/mol. The lowest BCUT2D eigenvalue weighted by Crippen LogP contribution is -2.21. The van der Waals surface area contributed by atoms with E-state index in [9.17, 15) is 9.59 Å². The van der Waals surface area contributed by atoms with Crippen molar-refractivity contribution < 1.29 is 23.8 Å². The number of carbonyl (C=O) groups is 2. The molecule has 4 rings (SSSR count). The summed E-state index contributed by atoms with van der Waals surface area (Å²) in [5, 5.41) is 1.09. The van der Waals surface area contributed by atoms with Gasteiger partial charge >= 0.3 is 5.97 Å². The number of methoxy groups -OCH3 is 3. The van der Waals surface area contributed by atoms with E-state index in [2.05, 4.69) is 4.57 Å². The second kappa shape index (κ2) is 10.3. The molecule has 1 aliphatic rings. The van der Waals surface area contributed by atoms with Crippen LogP contribution in [-0.4, -0.2) is 44.4 Å². The van der Waals surface area contributed by atoms with Gasteiger partial charge in [0, 0.05) is 36.2 Å². The molecule has 6 heteroatoms. The number of rotatable bonds is 8. The number of fused-ring (bicyclic) bond motifs is 1. The summed E-state index contributed by atoms with van der Waals surface area (Å²) < 4.78 is 18.2. The maximum atomic E-state index is 12.3. The van der Waals surface area contributed by atoms with Crippen LogP contribution in [0, 0.1) is 0 Å². The molecule has 0 spiro atoms. The molecule has 0 aliphatic heterocycles. The van der Waals surface area contributed by atoms with Gasteiger partial charge in [-0.25, -0.2) is 4.79 Å². The minimum absolute atomic E-state index is 0.379. The molecule has 0 amide bonds. The van der Waals surface area contributed by atoms with Gasteiger partial charge in [0.25, 0.3) is 0 Å². The summed E-state index contributed by atoms with van der Waals surface area (Å²) in [7, 11) is 4.61. The predicted octanol–water partition coefficient (Wildman–Crippen LogP) is 5.57. The van der Waals surface area contributed by atoms with Gasteiger partial charge in [-0.1, -0.05) is 49.6 Å². The lowest BCUT2D eigenvalue weighted by molar-refractivity contribution is -0.110. The number of hydrogen-bond acceptors (Lipinski definition) is 5. The number of nitrogens with zero attached hydrogens (tertiary/aromatic N) is 1.